The monoisotopic (exact) mass is 475 g/mol. The summed E-state index contributed by atoms with van der Waals surface area (Å²) in [6, 6.07) is 13.0. The molecule has 0 radical (unpaired) electrons. The van der Waals surface area contributed by atoms with Crippen LogP contribution < -0.4 is 9.47 Å². The fourth-order valence-corrected chi connectivity index (χ4v) is 2.74. The molecule has 0 aliphatic carbocycles. The van der Waals surface area contributed by atoms with Crippen molar-refractivity contribution < 1.29 is 19.0 Å². The predicted molar refractivity (Wildman–Crippen MR) is 113 cm³/mol. The number of nitrogens with zero attached hydrogens (tertiary/aromatic N) is 1. The highest BCUT2D eigenvalue weighted by Crippen LogP contribution is 2.30. The second-order valence-corrected chi connectivity index (χ2v) is 7.24. The van der Waals surface area contributed by atoms with Crippen LogP contribution in [0.4, 0.5) is 0 Å². The number of halogens is 1. The molecule has 27 heavy (non-hydrogen) atoms. The van der Waals surface area contributed by atoms with Gasteiger partial charge in [0, 0.05) is 9.13 Å². The molecule has 138 valence electrons. The SMILES string of the molecule is C=C(C)COc1ccc(C=C2N=C(c3ccc(I)cc3)OC2=O)cc1OC. The Labute approximate surface area is 171 Å². The predicted octanol–water partition coefficient (Wildman–Crippen LogP) is 4.60. The average molecular weight is 475 g/mol. The summed E-state index contributed by atoms with van der Waals surface area (Å²) < 4.78 is 17.4. The Hall–Kier alpha value is -2.61. The first-order valence-electron chi connectivity index (χ1n) is 8.20. The van der Waals surface area contributed by atoms with Crippen LogP contribution in [0.2, 0.25) is 0 Å². The summed E-state index contributed by atoms with van der Waals surface area (Å²) in [5, 5.41) is 0. The highest BCUT2D eigenvalue weighted by Gasteiger charge is 2.24. The Morgan fingerprint density at radius 3 is 2.63 bits per heavy atom. The molecule has 0 bridgehead atoms. The molecule has 1 aliphatic rings. The van der Waals surface area contributed by atoms with Crippen LogP contribution in [-0.4, -0.2) is 25.6 Å². The van der Waals surface area contributed by atoms with Crippen LogP contribution in [-0.2, 0) is 9.53 Å². The second kappa shape index (κ2) is 8.39. The minimum atomic E-state index is -0.481. The number of cyclic esters (lactones) is 1. The zero-order valence-corrected chi connectivity index (χ0v) is 17.1. The molecule has 0 saturated carbocycles. The summed E-state index contributed by atoms with van der Waals surface area (Å²) in [5.74, 6) is 1.000. The summed E-state index contributed by atoms with van der Waals surface area (Å²) >= 11 is 2.22. The minimum Gasteiger partial charge on any atom is -0.493 e. The Bertz CT molecular complexity index is 945. The molecule has 0 unspecified atom stereocenters. The molecule has 1 aliphatic heterocycles. The summed E-state index contributed by atoms with van der Waals surface area (Å²) in [6.07, 6.45) is 1.66. The van der Waals surface area contributed by atoms with Gasteiger partial charge >= 0.3 is 5.97 Å². The van der Waals surface area contributed by atoms with Gasteiger partial charge < -0.3 is 14.2 Å². The van der Waals surface area contributed by atoms with Crippen LogP contribution in [0.1, 0.15) is 18.1 Å². The highest BCUT2D eigenvalue weighted by atomic mass is 127. The number of aliphatic imine (C=N–C) groups is 1. The van der Waals surface area contributed by atoms with Gasteiger partial charge in [0.15, 0.2) is 17.2 Å². The lowest BCUT2D eigenvalue weighted by atomic mass is 10.1. The Kier molecular flexibility index (Phi) is 5.95. The molecule has 2 aromatic rings. The molecule has 0 spiro atoms. The van der Waals surface area contributed by atoms with E-state index in [2.05, 4.69) is 34.2 Å². The Balaban J connectivity index is 1.85. The smallest absolute Gasteiger partial charge is 0.363 e. The third-order valence-electron chi connectivity index (χ3n) is 3.68. The van der Waals surface area contributed by atoms with Crippen LogP contribution >= 0.6 is 22.6 Å². The Morgan fingerprint density at radius 1 is 1.22 bits per heavy atom. The number of hydrogen-bond acceptors (Lipinski definition) is 5. The molecule has 0 fully saturated rings. The first-order chi connectivity index (χ1) is 13.0. The van der Waals surface area contributed by atoms with E-state index in [4.69, 9.17) is 14.2 Å². The summed E-state index contributed by atoms with van der Waals surface area (Å²) in [7, 11) is 1.57. The lowest BCUT2D eigenvalue weighted by Crippen LogP contribution is -2.05. The largest absolute Gasteiger partial charge is 0.493 e. The molecule has 0 aromatic heterocycles. The van der Waals surface area contributed by atoms with Crippen molar-refractivity contribution in [1.82, 2.24) is 0 Å². The number of benzene rings is 2. The van der Waals surface area contributed by atoms with Gasteiger partial charge in [0.25, 0.3) is 0 Å². The van der Waals surface area contributed by atoms with Gasteiger partial charge in [-0.15, -0.1) is 0 Å². The summed E-state index contributed by atoms with van der Waals surface area (Å²) in [6.45, 7) is 6.11. The van der Waals surface area contributed by atoms with Gasteiger partial charge in [-0.1, -0.05) is 12.6 Å². The molecule has 2 aromatic carbocycles. The van der Waals surface area contributed by atoms with Crippen molar-refractivity contribution >= 4 is 40.5 Å². The van der Waals surface area contributed by atoms with Crippen molar-refractivity contribution in [3.63, 3.8) is 0 Å². The maximum atomic E-state index is 12.2. The van der Waals surface area contributed by atoms with E-state index in [1.807, 2.05) is 37.3 Å². The minimum absolute atomic E-state index is 0.237. The summed E-state index contributed by atoms with van der Waals surface area (Å²) in [4.78, 5) is 16.5. The molecule has 6 heteroatoms. The van der Waals surface area contributed by atoms with Gasteiger partial charge in [0.2, 0.25) is 5.90 Å². The van der Waals surface area contributed by atoms with Crippen LogP contribution in [0.5, 0.6) is 11.5 Å². The van der Waals surface area contributed by atoms with Crippen molar-refractivity contribution in [1.29, 1.82) is 0 Å². The van der Waals surface area contributed by atoms with E-state index in [1.165, 1.54) is 0 Å². The average Bonchev–Trinajstić information content (AvgIpc) is 3.01. The number of rotatable bonds is 6. The van der Waals surface area contributed by atoms with Crippen LogP contribution in [0, 0.1) is 3.57 Å². The lowest BCUT2D eigenvalue weighted by Gasteiger charge is -2.11. The van der Waals surface area contributed by atoms with Gasteiger partial charge in [0.05, 0.1) is 7.11 Å². The first-order valence-corrected chi connectivity index (χ1v) is 9.28. The number of hydrogen-bond donors (Lipinski definition) is 0. The summed E-state index contributed by atoms with van der Waals surface area (Å²) in [5.41, 5.74) is 2.66. The van der Waals surface area contributed by atoms with E-state index in [0.717, 1.165) is 20.3 Å². The zero-order chi connectivity index (χ0) is 19.4. The lowest BCUT2D eigenvalue weighted by molar-refractivity contribution is -0.129. The molecular formula is C21H18INO4. The molecule has 0 atom stereocenters. The van der Waals surface area contributed by atoms with Crippen molar-refractivity contribution in [3.05, 3.63) is 75.0 Å². The fraction of sp³-hybridized carbons (Fsp3) is 0.143. The number of methoxy groups -OCH3 is 1. The quantitative estimate of drug-likeness (QED) is 0.265. The molecule has 0 amide bonds. The highest BCUT2D eigenvalue weighted by molar-refractivity contribution is 14.1. The van der Waals surface area contributed by atoms with Crippen molar-refractivity contribution in [3.8, 4) is 11.5 Å². The zero-order valence-electron chi connectivity index (χ0n) is 15.0. The standard InChI is InChI=1S/C21H18INO4/c1-13(2)12-26-18-9-4-14(11-19(18)25-3)10-17-21(24)27-20(23-17)15-5-7-16(22)8-6-15/h4-11H,1,12H2,2-3H3. The van der Waals surface area contributed by atoms with Crippen LogP contribution in [0.15, 0.2) is 65.3 Å². The number of carbonyl (C=O) groups excluding carboxylic acids is 1. The van der Waals surface area contributed by atoms with Gasteiger partial charge in [0.1, 0.15) is 6.61 Å². The third-order valence-corrected chi connectivity index (χ3v) is 4.40. The maximum absolute atomic E-state index is 12.2. The topological polar surface area (TPSA) is 57.1 Å². The molecular weight excluding hydrogens is 457 g/mol. The number of carbonyl (C=O) groups is 1. The van der Waals surface area contributed by atoms with Crippen molar-refractivity contribution in [2.24, 2.45) is 4.99 Å². The fourth-order valence-electron chi connectivity index (χ4n) is 2.38. The van der Waals surface area contributed by atoms with Gasteiger partial charge in [-0.05, 0) is 83.1 Å². The first kappa shape index (κ1) is 19.2. The molecule has 5 nitrogen and oxygen atoms in total. The third kappa shape index (κ3) is 4.77. The van der Waals surface area contributed by atoms with E-state index in [0.29, 0.717) is 24.0 Å². The molecule has 0 saturated heterocycles. The molecule has 3 rings (SSSR count). The Morgan fingerprint density at radius 2 is 1.96 bits per heavy atom. The molecule has 1 heterocycles. The van der Waals surface area contributed by atoms with Gasteiger partial charge in [-0.2, -0.15) is 0 Å². The van der Waals surface area contributed by atoms with Crippen molar-refractivity contribution in [2.75, 3.05) is 13.7 Å². The van der Waals surface area contributed by atoms with E-state index in [-0.39, 0.29) is 5.70 Å². The normalized spacial score (nSPS) is 14.7. The van der Waals surface area contributed by atoms with Crippen LogP contribution in [0.25, 0.3) is 6.08 Å². The number of esters is 1. The van der Waals surface area contributed by atoms with E-state index < -0.39 is 5.97 Å². The second-order valence-electron chi connectivity index (χ2n) is 6.00. The van der Waals surface area contributed by atoms with E-state index in [1.54, 1.807) is 25.3 Å². The van der Waals surface area contributed by atoms with E-state index in [9.17, 15) is 4.79 Å². The number of ether oxygens (including phenoxy) is 3. The van der Waals surface area contributed by atoms with Gasteiger partial charge in [-0.25, -0.2) is 9.79 Å². The van der Waals surface area contributed by atoms with Crippen molar-refractivity contribution in [2.45, 2.75) is 6.92 Å². The molecule has 0 N–H and O–H groups in total. The maximum Gasteiger partial charge on any atom is 0.363 e. The van der Waals surface area contributed by atoms with Crippen LogP contribution in [0.3, 0.4) is 0 Å². The van der Waals surface area contributed by atoms with E-state index >= 15 is 0 Å². The van der Waals surface area contributed by atoms with Gasteiger partial charge in [-0.3, -0.25) is 0 Å².